The van der Waals surface area contributed by atoms with Crippen molar-refractivity contribution in [3.05, 3.63) is 72.3 Å². The van der Waals surface area contributed by atoms with Gasteiger partial charge in [0.25, 0.3) is 0 Å². The molecule has 1 aromatic heterocycles. The van der Waals surface area contributed by atoms with Crippen LogP contribution >= 0.6 is 0 Å². The fourth-order valence-corrected chi connectivity index (χ4v) is 3.58. The zero-order chi connectivity index (χ0) is 19.4. The summed E-state index contributed by atoms with van der Waals surface area (Å²) in [6.07, 6.45) is 0. The SMILES string of the molecule is [B]c1ccccc1-n1c2ccccc2c2ccc(C(C)(O)C(C)(C)O)cc21. The molecular formula is C23H22BNO2. The Morgan fingerprint density at radius 2 is 1.41 bits per heavy atom. The quantitative estimate of drug-likeness (QED) is 0.552. The summed E-state index contributed by atoms with van der Waals surface area (Å²) in [5, 5.41) is 23.6. The molecule has 27 heavy (non-hydrogen) atoms. The van der Waals surface area contributed by atoms with Crippen LogP contribution in [0.5, 0.6) is 0 Å². The van der Waals surface area contributed by atoms with Crippen LogP contribution in [0.3, 0.4) is 0 Å². The van der Waals surface area contributed by atoms with Crippen LogP contribution in [0.1, 0.15) is 26.3 Å². The standard InChI is InChI=1S/C23H22BNO2/c1-22(2,26)23(3,27)15-12-13-17-16-8-4-6-10-19(16)25(21(17)14-15)20-11-7-5-9-18(20)24/h4-14,26-27H,1-3H3. The largest absolute Gasteiger partial charge is 0.387 e. The summed E-state index contributed by atoms with van der Waals surface area (Å²) in [6, 6.07) is 21.7. The van der Waals surface area contributed by atoms with Gasteiger partial charge in [-0.25, -0.2) is 0 Å². The molecule has 2 radical (unpaired) electrons. The fourth-order valence-electron chi connectivity index (χ4n) is 3.58. The van der Waals surface area contributed by atoms with Gasteiger partial charge < -0.3 is 14.8 Å². The number of benzene rings is 3. The summed E-state index contributed by atoms with van der Waals surface area (Å²) in [5.74, 6) is 0. The van der Waals surface area contributed by atoms with E-state index >= 15 is 0 Å². The van der Waals surface area contributed by atoms with E-state index in [2.05, 4.69) is 16.7 Å². The molecule has 0 saturated carbocycles. The summed E-state index contributed by atoms with van der Waals surface area (Å²) in [5.41, 5.74) is 1.53. The molecule has 0 fully saturated rings. The first-order valence-electron chi connectivity index (χ1n) is 9.05. The van der Waals surface area contributed by atoms with Crippen molar-refractivity contribution in [3.63, 3.8) is 0 Å². The molecule has 0 spiro atoms. The van der Waals surface area contributed by atoms with Crippen LogP contribution in [0.15, 0.2) is 66.7 Å². The van der Waals surface area contributed by atoms with E-state index in [-0.39, 0.29) is 0 Å². The molecule has 1 heterocycles. The predicted octanol–water partition coefficient (Wildman–Crippen LogP) is 3.56. The first-order valence-corrected chi connectivity index (χ1v) is 9.05. The predicted molar refractivity (Wildman–Crippen MR) is 112 cm³/mol. The molecule has 2 N–H and O–H groups in total. The molecule has 0 aliphatic carbocycles. The number of fused-ring (bicyclic) bond motifs is 3. The van der Waals surface area contributed by atoms with Crippen molar-refractivity contribution in [2.75, 3.05) is 0 Å². The molecule has 1 unspecified atom stereocenters. The smallest absolute Gasteiger partial charge is 0.116 e. The Hall–Kier alpha value is -2.56. The molecule has 134 valence electrons. The topological polar surface area (TPSA) is 45.4 Å². The van der Waals surface area contributed by atoms with Crippen molar-refractivity contribution in [2.45, 2.75) is 32.0 Å². The van der Waals surface area contributed by atoms with E-state index in [1.54, 1.807) is 20.8 Å². The molecule has 3 aromatic carbocycles. The average Bonchev–Trinajstić information content (AvgIpc) is 2.95. The Balaban J connectivity index is 2.11. The number of aliphatic hydroxyl groups is 2. The highest BCUT2D eigenvalue weighted by Gasteiger charge is 2.39. The van der Waals surface area contributed by atoms with E-state index in [0.717, 1.165) is 27.5 Å². The molecule has 0 bridgehead atoms. The molecule has 4 aromatic rings. The summed E-state index contributed by atoms with van der Waals surface area (Å²) in [6.45, 7) is 4.86. The number of aromatic nitrogens is 1. The second kappa shape index (κ2) is 5.98. The lowest BCUT2D eigenvalue weighted by molar-refractivity contribution is -0.125. The van der Waals surface area contributed by atoms with Gasteiger partial charge in [-0.3, -0.25) is 0 Å². The first kappa shape index (κ1) is 17.8. The Morgan fingerprint density at radius 3 is 2.11 bits per heavy atom. The molecule has 0 aliphatic rings. The van der Waals surface area contributed by atoms with Crippen molar-refractivity contribution in [3.8, 4) is 5.69 Å². The van der Waals surface area contributed by atoms with Gasteiger partial charge in [-0.1, -0.05) is 54.0 Å². The van der Waals surface area contributed by atoms with Gasteiger partial charge in [0.15, 0.2) is 0 Å². The number of hydrogen-bond donors (Lipinski definition) is 2. The lowest BCUT2D eigenvalue weighted by atomic mass is 9.81. The van der Waals surface area contributed by atoms with Crippen LogP contribution in [-0.4, -0.2) is 28.2 Å². The second-order valence-electron chi connectivity index (χ2n) is 7.77. The van der Waals surface area contributed by atoms with Crippen LogP contribution in [0.25, 0.3) is 27.5 Å². The average molecular weight is 355 g/mol. The molecular weight excluding hydrogens is 333 g/mol. The third-order valence-corrected chi connectivity index (χ3v) is 5.60. The lowest BCUT2D eigenvalue weighted by Crippen LogP contribution is -2.44. The minimum absolute atomic E-state index is 0.654. The van der Waals surface area contributed by atoms with Gasteiger partial charge in [-0.15, -0.1) is 0 Å². The fraction of sp³-hybridized carbons (Fsp3) is 0.217. The number of nitrogens with zero attached hydrogens (tertiary/aromatic N) is 1. The van der Waals surface area contributed by atoms with Crippen molar-refractivity contribution in [2.24, 2.45) is 0 Å². The van der Waals surface area contributed by atoms with E-state index < -0.39 is 11.2 Å². The molecule has 4 heteroatoms. The van der Waals surface area contributed by atoms with E-state index in [0.29, 0.717) is 11.0 Å². The normalized spacial score (nSPS) is 14.6. The molecule has 0 aliphatic heterocycles. The number of para-hydroxylation sites is 2. The minimum Gasteiger partial charge on any atom is -0.387 e. The van der Waals surface area contributed by atoms with Gasteiger partial charge in [-0.2, -0.15) is 0 Å². The highest BCUT2D eigenvalue weighted by molar-refractivity contribution is 6.35. The van der Waals surface area contributed by atoms with Crippen molar-refractivity contribution in [1.29, 1.82) is 0 Å². The highest BCUT2D eigenvalue weighted by atomic mass is 16.4. The second-order valence-corrected chi connectivity index (χ2v) is 7.77. The molecule has 0 saturated heterocycles. The molecule has 0 amide bonds. The maximum absolute atomic E-state index is 11.0. The highest BCUT2D eigenvalue weighted by Crippen LogP contribution is 2.37. The summed E-state index contributed by atoms with van der Waals surface area (Å²) in [4.78, 5) is 0. The van der Waals surface area contributed by atoms with Crippen LogP contribution in [0, 0.1) is 0 Å². The minimum atomic E-state index is -1.40. The first-order chi connectivity index (χ1) is 12.7. The van der Waals surface area contributed by atoms with Gasteiger partial charge in [0.2, 0.25) is 0 Å². The number of hydrogen-bond acceptors (Lipinski definition) is 2. The zero-order valence-electron chi connectivity index (χ0n) is 15.8. The molecule has 3 nitrogen and oxygen atoms in total. The van der Waals surface area contributed by atoms with E-state index in [9.17, 15) is 10.2 Å². The summed E-state index contributed by atoms with van der Waals surface area (Å²) in [7, 11) is 6.28. The Morgan fingerprint density at radius 1 is 0.778 bits per heavy atom. The maximum Gasteiger partial charge on any atom is 0.116 e. The Bertz CT molecular complexity index is 1150. The van der Waals surface area contributed by atoms with Gasteiger partial charge in [0.1, 0.15) is 13.4 Å². The van der Waals surface area contributed by atoms with Crippen LogP contribution in [-0.2, 0) is 5.60 Å². The van der Waals surface area contributed by atoms with Gasteiger partial charge in [0.05, 0.1) is 16.6 Å². The van der Waals surface area contributed by atoms with E-state index in [1.165, 1.54) is 0 Å². The summed E-state index contributed by atoms with van der Waals surface area (Å²) < 4.78 is 2.12. The monoisotopic (exact) mass is 355 g/mol. The molecule has 4 rings (SSSR count). The van der Waals surface area contributed by atoms with Crippen molar-refractivity contribution >= 4 is 35.1 Å². The number of rotatable bonds is 3. The van der Waals surface area contributed by atoms with Crippen molar-refractivity contribution < 1.29 is 10.2 Å². The maximum atomic E-state index is 11.0. The Labute approximate surface area is 160 Å². The van der Waals surface area contributed by atoms with Crippen LogP contribution < -0.4 is 5.46 Å². The van der Waals surface area contributed by atoms with E-state index in [1.807, 2.05) is 54.6 Å². The molecule has 1 atom stereocenters. The Kier molecular flexibility index (Phi) is 3.95. The summed E-state index contributed by atoms with van der Waals surface area (Å²) >= 11 is 0. The van der Waals surface area contributed by atoms with Gasteiger partial charge in [0, 0.05) is 16.5 Å². The third kappa shape index (κ3) is 2.68. The van der Waals surface area contributed by atoms with Crippen LogP contribution in [0.2, 0.25) is 0 Å². The van der Waals surface area contributed by atoms with Crippen LogP contribution in [0.4, 0.5) is 0 Å². The van der Waals surface area contributed by atoms with Gasteiger partial charge in [-0.05, 0) is 44.5 Å². The lowest BCUT2D eigenvalue weighted by Gasteiger charge is -2.36. The third-order valence-electron chi connectivity index (χ3n) is 5.60. The van der Waals surface area contributed by atoms with Crippen molar-refractivity contribution in [1.82, 2.24) is 4.57 Å². The zero-order valence-corrected chi connectivity index (χ0v) is 15.8. The van der Waals surface area contributed by atoms with E-state index in [4.69, 9.17) is 7.85 Å². The van der Waals surface area contributed by atoms with Gasteiger partial charge >= 0.3 is 0 Å².